The maximum Gasteiger partial charge on any atom is 0.417 e. The number of benzene rings is 8. The zero-order valence-electron chi connectivity index (χ0n) is 41.4. The third-order valence-corrected chi connectivity index (χ3v) is 24.4. The molecule has 4 aliphatic rings. The minimum Gasteiger partial charge on any atom is -0.443 e. The molecule has 0 amide bonds. The maximum absolute atomic E-state index is 14.3. The largest absolute Gasteiger partial charge is 0.443 e. The number of hydrogen-bond acceptors (Lipinski definition) is 17. The summed E-state index contributed by atoms with van der Waals surface area (Å²) in [6.45, 7) is -3.19. The molecule has 4 heterocycles. The second-order valence-electron chi connectivity index (χ2n) is 15.5. The molecule has 12 rings (SSSR count). The fourth-order valence-electron chi connectivity index (χ4n) is 7.93. The van der Waals surface area contributed by atoms with E-state index in [0.717, 1.165) is 60.9 Å². The highest BCUT2D eigenvalue weighted by Gasteiger charge is 2.46. The normalized spacial score (nSPS) is 21.4. The summed E-state index contributed by atoms with van der Waals surface area (Å²) in [5, 5.41) is 2.68. The number of rotatable bonds is 10. The van der Waals surface area contributed by atoms with Crippen LogP contribution in [0.5, 0.6) is 23.0 Å². The average Bonchev–Trinajstić information content (AvgIpc) is 3.57. The highest BCUT2D eigenvalue weighted by Crippen LogP contribution is 2.69. The molecule has 8 aromatic rings. The van der Waals surface area contributed by atoms with Crippen molar-refractivity contribution in [2.45, 2.75) is 0 Å². The maximum atomic E-state index is 14.3. The van der Waals surface area contributed by atoms with Gasteiger partial charge in [0.15, 0.2) is 7.58 Å². The lowest BCUT2D eigenvalue weighted by atomic mass is 10.0. The molecule has 4 N–H and O–H groups in total. The van der Waals surface area contributed by atoms with E-state index in [1.54, 1.807) is 12.1 Å². The van der Waals surface area contributed by atoms with Gasteiger partial charge in [-0.25, -0.2) is 26.5 Å². The van der Waals surface area contributed by atoms with Crippen LogP contribution in [0.4, 0.5) is 0 Å². The van der Waals surface area contributed by atoms with E-state index < -0.39 is 69.7 Å². The van der Waals surface area contributed by atoms with Crippen molar-refractivity contribution in [1.29, 1.82) is 5.72 Å². The Kier molecular flexibility index (Phi) is 14.7. The lowest BCUT2D eigenvalue weighted by Gasteiger charge is -2.35. The van der Waals surface area contributed by atoms with E-state index in [0.29, 0.717) is 27.9 Å². The molecule has 0 saturated heterocycles. The van der Waals surface area contributed by atoms with Gasteiger partial charge in [-0.1, -0.05) is 146 Å². The van der Waals surface area contributed by atoms with Crippen LogP contribution in [0.2, 0.25) is 0 Å². The third-order valence-electron chi connectivity index (χ3n) is 10.9. The molecule has 8 aromatic carbocycles. The molecule has 376 valence electrons. The summed E-state index contributed by atoms with van der Waals surface area (Å²) in [6.07, 6.45) is 0. The Hall–Kier alpha value is -4.86. The van der Waals surface area contributed by atoms with Gasteiger partial charge in [0.1, 0.15) is 23.0 Å². The molecule has 0 bridgehead atoms. The Morgan fingerprint density at radius 1 is 0.541 bits per heavy atom. The van der Waals surface area contributed by atoms with Crippen LogP contribution >= 0.6 is 60.7 Å². The van der Waals surface area contributed by atoms with Gasteiger partial charge in [0.2, 0.25) is 14.7 Å². The predicted molar refractivity (Wildman–Crippen MR) is 294 cm³/mol. The zero-order chi connectivity index (χ0) is 55.1. The van der Waals surface area contributed by atoms with Crippen LogP contribution in [0, 0.1) is 0 Å². The van der Waals surface area contributed by atoms with E-state index in [4.69, 9.17) is 44.2 Å². The highest BCUT2D eigenvalue weighted by molar-refractivity contribution is 8.54. The Bertz CT molecular complexity index is 3820. The Labute approximate surface area is 440 Å². The fraction of sp³-hybridized carbons (Fsp3) is 0. The van der Waals surface area contributed by atoms with Gasteiger partial charge in [-0.2, -0.15) is 0 Å². The number of fused-ring (bicyclic) bond motifs is 12. The molecular weight excluding hydrogens is 1140 g/mol. The molecule has 5 atom stereocenters. The summed E-state index contributed by atoms with van der Waals surface area (Å²) in [5.74, 6) is 2.42. The zero-order valence-corrected chi connectivity index (χ0v) is 46.2. The van der Waals surface area contributed by atoms with Gasteiger partial charge in [-0.15, -0.1) is 0 Å². The topological polar surface area (TPSA) is 239 Å². The van der Waals surface area contributed by atoms with Crippen molar-refractivity contribution in [3.63, 3.8) is 0 Å². The molecule has 4 aliphatic heterocycles. The summed E-state index contributed by atoms with van der Waals surface area (Å²) in [4.78, 5) is 10.2. The van der Waals surface area contributed by atoms with Crippen LogP contribution in [-0.4, -0.2) is 27.7 Å². The molecule has 0 aromatic heterocycles. The first kappa shape index (κ1) is 48.8. The Balaban J connectivity index is 0.000000147. The van der Waals surface area contributed by atoms with Gasteiger partial charge < -0.3 is 37.3 Å². The SMILES string of the molecule is O=P1(OP2(=S)Oc3ccccc3-c3ccccc32)Oc2ccccc2-c2ccccc21.O=P1(OP2Oc3ccccc3-c3ccccc32)Oc2ccccc2-c2ccccc21.[2H]OP(=O)(O[2H])P=O.[2H]OP=S(=O)(O[2H])P=O. The van der Waals surface area contributed by atoms with Crippen LogP contribution in [-0.2, 0) is 52.3 Å². The molecule has 74 heavy (non-hydrogen) atoms. The van der Waals surface area contributed by atoms with E-state index in [9.17, 15) is 27.0 Å². The van der Waals surface area contributed by atoms with Gasteiger partial charge in [-0.05, 0) is 71.5 Å². The third kappa shape index (κ3) is 11.5. The molecular formula is C48H36O16P8S2. The van der Waals surface area contributed by atoms with Crippen LogP contribution in [0.25, 0.3) is 45.9 Å². The summed E-state index contributed by atoms with van der Waals surface area (Å²) in [7, 11) is -18.5. The fourth-order valence-corrected chi connectivity index (χ4v) is 18.5. The van der Waals surface area contributed by atoms with E-state index in [1.165, 1.54) is 0 Å². The van der Waals surface area contributed by atoms with Crippen LogP contribution in [0.15, 0.2) is 194 Å². The lowest BCUT2D eigenvalue weighted by Crippen LogP contribution is -2.24. The lowest BCUT2D eigenvalue weighted by molar-refractivity contribution is 0.392. The molecule has 0 aliphatic carbocycles. The van der Waals surface area contributed by atoms with Crippen LogP contribution in [0.1, 0.15) is 0 Å². The van der Waals surface area contributed by atoms with Crippen molar-refractivity contribution in [2.24, 2.45) is 0 Å². The van der Waals surface area contributed by atoms with Gasteiger partial charge in [0, 0.05) is 33.4 Å². The summed E-state index contributed by atoms with van der Waals surface area (Å²) in [5.41, 5.74) is 7.38. The molecule has 26 heteroatoms. The van der Waals surface area contributed by atoms with E-state index in [2.05, 4.69) is 19.2 Å². The van der Waals surface area contributed by atoms with Crippen molar-refractivity contribution in [3.05, 3.63) is 194 Å². The molecule has 0 radical (unpaired) electrons. The first-order chi connectivity index (χ1) is 37.7. The van der Waals surface area contributed by atoms with Crippen molar-refractivity contribution in [1.82, 2.24) is 0 Å². The quantitative estimate of drug-likeness (QED) is 0.0931. The summed E-state index contributed by atoms with van der Waals surface area (Å²) >= 11 is 5.98. The van der Waals surface area contributed by atoms with Gasteiger partial charge in [0.25, 0.3) is 30.7 Å². The average molecular weight is 1180 g/mol. The minimum absolute atomic E-state index is 0.421. The molecule has 0 fully saturated rings. The van der Waals surface area contributed by atoms with Gasteiger partial charge in [0.05, 0.1) is 21.2 Å². The van der Waals surface area contributed by atoms with Crippen LogP contribution in [0.3, 0.4) is 0 Å². The van der Waals surface area contributed by atoms with Crippen LogP contribution < -0.4 is 39.3 Å². The molecule has 16 nitrogen and oxygen atoms in total. The van der Waals surface area contributed by atoms with E-state index in [-0.39, 0.29) is 0 Å². The van der Waals surface area contributed by atoms with E-state index in [1.807, 2.05) is 182 Å². The minimum atomic E-state index is -3.91. The standard InChI is InChI=1S/C24H16O4P2S.C24H16O4P2.H2O4P2S.H2O4P2/c25-29(23-15-7-3-11-19(23)17-9-1-5-13-21(17)26-29)28-30(31)24-16-8-4-12-20(24)18-10-2-6-14-22(18)27-30;25-30(24-16-8-4-12-20(24)18-10-2-6-14-22(18)27-30)28-29-23-15-7-3-11-19(23)17-9-1-5-13-21(17)26-29;1-5-7(3,4)6-2;1-5-6(2,3)4/h1-16H;1-16H;1H,(H,3,4);(H2,2,3,4)/i/hD4. The molecule has 0 saturated carbocycles. The van der Waals surface area contributed by atoms with Crippen molar-refractivity contribution in [3.8, 4) is 67.5 Å². The van der Waals surface area contributed by atoms with Crippen molar-refractivity contribution >= 4 is 103 Å². The predicted octanol–water partition coefficient (Wildman–Crippen LogP) is 13.6. The Morgan fingerprint density at radius 3 is 1.42 bits per heavy atom. The smallest absolute Gasteiger partial charge is 0.417 e. The summed E-state index contributed by atoms with van der Waals surface area (Å²) in [6, 6.07) is 61.2. The Morgan fingerprint density at radius 2 is 0.946 bits per heavy atom. The molecule has 5 unspecified atom stereocenters. The molecule has 0 spiro atoms. The monoisotopic (exact) mass is 1180 g/mol. The van der Waals surface area contributed by atoms with E-state index >= 15 is 0 Å². The second-order valence-corrected chi connectivity index (χ2v) is 33.3. The second kappa shape index (κ2) is 22.4. The van der Waals surface area contributed by atoms with Gasteiger partial charge >= 0.3 is 22.5 Å². The first-order valence-electron chi connectivity index (χ1n) is 23.0. The van der Waals surface area contributed by atoms with Gasteiger partial charge in [-0.3, -0.25) is 9.13 Å². The van der Waals surface area contributed by atoms with Crippen molar-refractivity contribution in [2.75, 3.05) is 0 Å². The number of para-hydroxylation sites is 4. The highest BCUT2D eigenvalue weighted by atomic mass is 32.9. The first-order valence-corrected chi connectivity index (χ1v) is 35.6. The van der Waals surface area contributed by atoms with Crippen molar-refractivity contribution < 1.29 is 73.0 Å². The summed E-state index contributed by atoms with van der Waals surface area (Å²) < 4.78 is 133. The number of hydrogen-bond donors (Lipinski definition) is 4.